The first-order valence-corrected chi connectivity index (χ1v) is 12.1. The number of benzene rings is 2. The van der Waals surface area contributed by atoms with E-state index in [0.717, 1.165) is 17.7 Å². The molecule has 5 rings (SSSR count). The van der Waals surface area contributed by atoms with E-state index in [2.05, 4.69) is 10.3 Å². The Kier molecular flexibility index (Phi) is 7.00. The Balaban J connectivity index is 1.30. The van der Waals surface area contributed by atoms with E-state index in [9.17, 15) is 18.4 Å². The molecule has 2 aliphatic heterocycles. The number of hydrogen-bond donors (Lipinski definition) is 1. The molecule has 10 heteroatoms. The molecule has 8 nitrogen and oxygen atoms in total. The average Bonchev–Trinajstić information content (AvgIpc) is 2.95. The minimum Gasteiger partial charge on any atom is -0.474 e. The van der Waals surface area contributed by atoms with Crippen molar-refractivity contribution < 1.29 is 23.1 Å². The molecular formula is C28H23F2N5O3. The molecule has 3 aromatic rings. The van der Waals surface area contributed by atoms with Crippen LogP contribution in [0.15, 0.2) is 60.3 Å². The molecule has 0 saturated carbocycles. The van der Waals surface area contributed by atoms with E-state index in [1.165, 1.54) is 12.3 Å². The van der Waals surface area contributed by atoms with Crippen LogP contribution in [0.25, 0.3) is 6.08 Å². The Bertz CT molecular complexity index is 1440. The van der Waals surface area contributed by atoms with Gasteiger partial charge in [-0.3, -0.25) is 9.69 Å². The van der Waals surface area contributed by atoms with Gasteiger partial charge in [0, 0.05) is 30.4 Å². The number of nitriles is 1. The molecule has 1 aromatic heterocycles. The molecular weight excluding hydrogens is 492 g/mol. The molecule has 3 heterocycles. The summed E-state index contributed by atoms with van der Waals surface area (Å²) in [4.78, 5) is 33.7. The van der Waals surface area contributed by atoms with Crippen molar-refractivity contribution in [1.82, 2.24) is 9.88 Å². The summed E-state index contributed by atoms with van der Waals surface area (Å²) >= 11 is 0. The fourth-order valence-electron chi connectivity index (χ4n) is 4.51. The van der Waals surface area contributed by atoms with Crippen LogP contribution < -0.4 is 15.0 Å². The number of ether oxygens (including phenoxy) is 1. The zero-order valence-corrected chi connectivity index (χ0v) is 20.3. The van der Waals surface area contributed by atoms with Gasteiger partial charge in [-0.15, -0.1) is 0 Å². The van der Waals surface area contributed by atoms with Gasteiger partial charge in [0.15, 0.2) is 0 Å². The zero-order valence-electron chi connectivity index (χ0n) is 20.3. The van der Waals surface area contributed by atoms with Crippen LogP contribution in [0.4, 0.5) is 25.0 Å². The standard InChI is InChI=1S/C28H23F2N5O3/c29-22-15-19(17-31)16-23(30)21(22)14-18-7-10-34(11-8-18)28(37)33-24-6-9-32-26-25(24)35(12-13-38-26)27(36)20-4-2-1-3-5-20/h1-6,9,14-16H,7-8,10-13H2,(H,32,33,37). The van der Waals surface area contributed by atoms with Gasteiger partial charge in [0.25, 0.3) is 5.91 Å². The second kappa shape index (κ2) is 10.7. The quantitative estimate of drug-likeness (QED) is 0.531. The van der Waals surface area contributed by atoms with E-state index in [1.807, 2.05) is 6.07 Å². The summed E-state index contributed by atoms with van der Waals surface area (Å²) in [6.45, 7) is 1.26. The van der Waals surface area contributed by atoms with Crippen LogP contribution in [0.2, 0.25) is 0 Å². The van der Waals surface area contributed by atoms with Gasteiger partial charge in [0.05, 0.1) is 23.9 Å². The van der Waals surface area contributed by atoms with Crippen molar-refractivity contribution in [2.75, 3.05) is 36.5 Å². The number of nitrogens with zero attached hydrogens (tertiary/aromatic N) is 4. The van der Waals surface area contributed by atoms with Crippen molar-refractivity contribution in [1.29, 1.82) is 5.26 Å². The van der Waals surface area contributed by atoms with Crippen LogP contribution in [0.5, 0.6) is 5.88 Å². The highest BCUT2D eigenvalue weighted by molar-refractivity contribution is 6.10. The first kappa shape index (κ1) is 24.9. The number of halogens is 2. The lowest BCUT2D eigenvalue weighted by atomic mass is 10.00. The lowest BCUT2D eigenvalue weighted by Gasteiger charge is -2.32. The number of hydrogen-bond acceptors (Lipinski definition) is 5. The van der Waals surface area contributed by atoms with Gasteiger partial charge in [-0.1, -0.05) is 23.8 Å². The topological polar surface area (TPSA) is 98.6 Å². The molecule has 2 aliphatic rings. The number of carbonyl (C=O) groups is 2. The number of piperidine rings is 1. The van der Waals surface area contributed by atoms with Gasteiger partial charge in [0.2, 0.25) is 5.88 Å². The third-order valence-corrected chi connectivity index (χ3v) is 6.47. The van der Waals surface area contributed by atoms with Crippen LogP contribution in [-0.2, 0) is 0 Å². The SMILES string of the molecule is N#Cc1cc(F)c(C=C2CCN(C(=O)Nc3ccnc4c3N(C(=O)c3ccccc3)CCO4)CC2)c(F)c1. The van der Waals surface area contributed by atoms with Crippen molar-refractivity contribution in [2.24, 2.45) is 0 Å². The molecule has 0 atom stereocenters. The molecule has 0 unspecified atom stereocenters. The van der Waals surface area contributed by atoms with Crippen molar-refractivity contribution in [3.8, 4) is 11.9 Å². The number of rotatable bonds is 3. The Hall–Kier alpha value is -4.78. The van der Waals surface area contributed by atoms with Gasteiger partial charge in [0.1, 0.15) is 23.9 Å². The van der Waals surface area contributed by atoms with Crippen molar-refractivity contribution >= 4 is 29.4 Å². The predicted octanol–water partition coefficient (Wildman–Crippen LogP) is 4.98. The minimum atomic E-state index is -0.798. The summed E-state index contributed by atoms with van der Waals surface area (Å²) in [6, 6.07) is 13.8. The third-order valence-electron chi connectivity index (χ3n) is 6.47. The summed E-state index contributed by atoms with van der Waals surface area (Å²) in [5, 5.41) is 11.7. The van der Waals surface area contributed by atoms with E-state index in [0.29, 0.717) is 49.4 Å². The monoisotopic (exact) mass is 515 g/mol. The number of likely N-dealkylation sites (tertiary alicyclic amines) is 1. The molecule has 2 aromatic carbocycles. The third kappa shape index (κ3) is 5.04. The number of aromatic nitrogens is 1. The normalized spacial score (nSPS) is 14.7. The Morgan fingerprint density at radius 1 is 1.05 bits per heavy atom. The molecule has 1 fully saturated rings. The van der Waals surface area contributed by atoms with E-state index in [1.54, 1.807) is 46.2 Å². The maximum Gasteiger partial charge on any atom is 0.321 e. The fourth-order valence-corrected chi connectivity index (χ4v) is 4.51. The molecule has 3 amide bonds. The van der Waals surface area contributed by atoms with E-state index < -0.39 is 11.6 Å². The number of urea groups is 1. The summed E-state index contributed by atoms with van der Waals surface area (Å²) in [6.07, 6.45) is 3.82. The number of anilines is 2. The van der Waals surface area contributed by atoms with Gasteiger partial charge in [-0.05, 0) is 49.2 Å². The van der Waals surface area contributed by atoms with Gasteiger partial charge >= 0.3 is 6.03 Å². The number of fused-ring (bicyclic) bond motifs is 1. The lowest BCUT2D eigenvalue weighted by Crippen LogP contribution is -2.41. The Labute approximate surface area is 217 Å². The molecule has 1 saturated heterocycles. The number of carbonyl (C=O) groups excluding carboxylic acids is 2. The van der Waals surface area contributed by atoms with Gasteiger partial charge in [-0.25, -0.2) is 18.6 Å². The van der Waals surface area contributed by atoms with Crippen LogP contribution in [0.1, 0.15) is 34.3 Å². The number of nitrogens with one attached hydrogen (secondary N) is 1. The lowest BCUT2D eigenvalue weighted by molar-refractivity contribution is 0.0975. The molecule has 0 spiro atoms. The maximum atomic E-state index is 14.3. The minimum absolute atomic E-state index is 0.0821. The first-order valence-electron chi connectivity index (χ1n) is 12.1. The molecule has 0 bridgehead atoms. The predicted molar refractivity (Wildman–Crippen MR) is 137 cm³/mol. The first-order chi connectivity index (χ1) is 18.4. The molecule has 0 radical (unpaired) electrons. The molecule has 1 N–H and O–H groups in total. The second-order valence-electron chi connectivity index (χ2n) is 8.87. The Morgan fingerprint density at radius 2 is 1.76 bits per heavy atom. The summed E-state index contributed by atoms with van der Waals surface area (Å²) in [5.41, 5.74) is 1.82. The Morgan fingerprint density at radius 3 is 2.45 bits per heavy atom. The zero-order chi connectivity index (χ0) is 26.6. The van der Waals surface area contributed by atoms with E-state index >= 15 is 0 Å². The highest BCUT2D eigenvalue weighted by atomic mass is 19.1. The summed E-state index contributed by atoms with van der Waals surface area (Å²) in [5.74, 6) is -1.57. The molecule has 0 aliphatic carbocycles. The second-order valence-corrected chi connectivity index (χ2v) is 8.87. The number of pyridine rings is 1. The van der Waals surface area contributed by atoms with Crippen LogP contribution in [0, 0.1) is 23.0 Å². The largest absolute Gasteiger partial charge is 0.474 e. The average molecular weight is 516 g/mol. The summed E-state index contributed by atoms with van der Waals surface area (Å²) < 4.78 is 34.2. The molecule has 38 heavy (non-hydrogen) atoms. The maximum absolute atomic E-state index is 14.3. The van der Waals surface area contributed by atoms with Crippen LogP contribution in [-0.4, -0.2) is 48.1 Å². The van der Waals surface area contributed by atoms with Crippen molar-refractivity contribution in [3.63, 3.8) is 0 Å². The highest BCUT2D eigenvalue weighted by Gasteiger charge is 2.30. The summed E-state index contributed by atoms with van der Waals surface area (Å²) in [7, 11) is 0. The van der Waals surface area contributed by atoms with Crippen molar-refractivity contribution in [3.05, 3.63) is 88.6 Å². The van der Waals surface area contributed by atoms with Crippen LogP contribution in [0.3, 0.4) is 0 Å². The fraction of sp³-hybridized carbons (Fsp3) is 0.214. The van der Waals surface area contributed by atoms with E-state index in [-0.39, 0.29) is 35.6 Å². The van der Waals surface area contributed by atoms with E-state index in [4.69, 9.17) is 10.00 Å². The van der Waals surface area contributed by atoms with Gasteiger partial charge in [-0.2, -0.15) is 5.26 Å². The smallest absolute Gasteiger partial charge is 0.321 e. The van der Waals surface area contributed by atoms with Gasteiger partial charge < -0.3 is 15.0 Å². The van der Waals surface area contributed by atoms with Crippen molar-refractivity contribution in [2.45, 2.75) is 12.8 Å². The van der Waals surface area contributed by atoms with Crippen LogP contribution >= 0.6 is 0 Å². The highest BCUT2D eigenvalue weighted by Crippen LogP contribution is 2.38. The molecule has 192 valence electrons. The number of amides is 3.